The number of ketones is 1. The molecule has 0 aromatic carbocycles. The van der Waals surface area contributed by atoms with Gasteiger partial charge in [0.1, 0.15) is 0 Å². The molecule has 0 radical (unpaired) electrons. The van der Waals surface area contributed by atoms with E-state index in [9.17, 15) is 14.4 Å². The highest BCUT2D eigenvalue weighted by molar-refractivity contribution is 5.93. The van der Waals surface area contributed by atoms with Crippen LogP contribution in [0.25, 0.3) is 5.69 Å². The lowest BCUT2D eigenvalue weighted by Gasteiger charge is -2.04. The molecule has 2 aromatic heterocycles. The largest absolute Gasteiger partial charge is 0.333 e. The molecule has 0 fully saturated rings. The van der Waals surface area contributed by atoms with Crippen LogP contribution in [0.3, 0.4) is 0 Å². The first-order valence-electron chi connectivity index (χ1n) is 5.82. The summed E-state index contributed by atoms with van der Waals surface area (Å²) in [4.78, 5) is 37.5. The van der Waals surface area contributed by atoms with Crippen molar-refractivity contribution in [2.45, 2.75) is 26.8 Å². The lowest BCUT2D eigenvalue weighted by atomic mass is 10.2. The lowest BCUT2D eigenvalue weighted by Crippen LogP contribution is -2.36. The van der Waals surface area contributed by atoms with E-state index < -0.39 is 17.0 Å². The van der Waals surface area contributed by atoms with Crippen molar-refractivity contribution in [3.8, 4) is 5.69 Å². The fourth-order valence-corrected chi connectivity index (χ4v) is 1.69. The van der Waals surface area contributed by atoms with Crippen LogP contribution in [0.4, 0.5) is 0 Å². The molecule has 19 heavy (non-hydrogen) atoms. The van der Waals surface area contributed by atoms with Gasteiger partial charge in [-0.05, 0) is 20.8 Å². The number of rotatable bonds is 3. The fourth-order valence-electron chi connectivity index (χ4n) is 1.69. The van der Waals surface area contributed by atoms with Gasteiger partial charge in [-0.3, -0.25) is 14.3 Å². The van der Waals surface area contributed by atoms with Gasteiger partial charge in [-0.1, -0.05) is 0 Å². The van der Waals surface area contributed by atoms with Crippen LogP contribution in [0, 0.1) is 0 Å². The average Bonchev–Trinajstić information content (AvgIpc) is 2.78. The Morgan fingerprint density at radius 1 is 1.37 bits per heavy atom. The molecule has 0 aliphatic carbocycles. The second kappa shape index (κ2) is 4.68. The molecule has 7 heteroatoms. The van der Waals surface area contributed by atoms with E-state index in [-0.39, 0.29) is 11.6 Å². The molecule has 2 heterocycles. The Bertz CT molecular complexity index is 736. The average molecular weight is 262 g/mol. The van der Waals surface area contributed by atoms with Crippen molar-refractivity contribution in [2.24, 2.45) is 0 Å². The molecule has 100 valence electrons. The number of carbonyl (C=O) groups excluding carboxylic acids is 1. The van der Waals surface area contributed by atoms with Gasteiger partial charge in [0.15, 0.2) is 5.78 Å². The Morgan fingerprint density at radius 2 is 2.05 bits per heavy atom. The van der Waals surface area contributed by atoms with Crippen LogP contribution in [0.5, 0.6) is 0 Å². The zero-order valence-electron chi connectivity index (χ0n) is 10.9. The highest BCUT2D eigenvalue weighted by Gasteiger charge is 2.14. The molecule has 2 rings (SSSR count). The Morgan fingerprint density at radius 3 is 2.58 bits per heavy atom. The third-order valence-electron chi connectivity index (χ3n) is 2.73. The van der Waals surface area contributed by atoms with E-state index in [1.165, 1.54) is 13.1 Å². The van der Waals surface area contributed by atoms with Gasteiger partial charge < -0.3 is 4.98 Å². The van der Waals surface area contributed by atoms with Gasteiger partial charge in [0.2, 0.25) is 0 Å². The van der Waals surface area contributed by atoms with Crippen molar-refractivity contribution >= 4 is 5.78 Å². The van der Waals surface area contributed by atoms with E-state index in [2.05, 4.69) is 10.1 Å². The number of aromatic amines is 1. The van der Waals surface area contributed by atoms with Gasteiger partial charge in [-0.2, -0.15) is 5.10 Å². The van der Waals surface area contributed by atoms with E-state index in [0.29, 0.717) is 5.69 Å². The van der Waals surface area contributed by atoms with E-state index in [1.807, 2.05) is 13.8 Å². The predicted molar refractivity (Wildman–Crippen MR) is 68.8 cm³/mol. The summed E-state index contributed by atoms with van der Waals surface area (Å²) in [6.07, 6.45) is 4.14. The fraction of sp³-hybridized carbons (Fsp3) is 0.333. The number of hydrogen-bond acceptors (Lipinski definition) is 4. The zero-order chi connectivity index (χ0) is 14.2. The van der Waals surface area contributed by atoms with Crippen molar-refractivity contribution in [1.29, 1.82) is 0 Å². The van der Waals surface area contributed by atoms with Gasteiger partial charge in [0.05, 0.1) is 17.4 Å². The Hall–Kier alpha value is -2.44. The Kier molecular flexibility index (Phi) is 3.20. The summed E-state index contributed by atoms with van der Waals surface area (Å²) in [5.74, 6) is -0.397. The number of nitrogens with zero attached hydrogens (tertiary/aromatic N) is 3. The molecule has 0 saturated heterocycles. The van der Waals surface area contributed by atoms with E-state index in [4.69, 9.17) is 0 Å². The smallest absolute Gasteiger partial charge is 0.313 e. The predicted octanol–water partition coefficient (Wildman–Crippen LogP) is 0.506. The van der Waals surface area contributed by atoms with Gasteiger partial charge >= 0.3 is 5.69 Å². The summed E-state index contributed by atoms with van der Waals surface area (Å²) < 4.78 is 2.53. The van der Waals surface area contributed by atoms with Crippen molar-refractivity contribution < 1.29 is 4.79 Å². The molecule has 0 bridgehead atoms. The summed E-state index contributed by atoms with van der Waals surface area (Å²) in [7, 11) is 0. The van der Waals surface area contributed by atoms with Crippen molar-refractivity contribution in [1.82, 2.24) is 19.3 Å². The third-order valence-corrected chi connectivity index (χ3v) is 2.73. The molecule has 0 aliphatic heterocycles. The monoisotopic (exact) mass is 262 g/mol. The molecule has 0 amide bonds. The molecular formula is C12H14N4O3. The SMILES string of the molecule is CC(=O)c1c[nH]c(=O)n(-c2cnn(C(C)C)c2)c1=O. The zero-order valence-corrected chi connectivity index (χ0v) is 10.9. The molecule has 0 spiro atoms. The van der Waals surface area contributed by atoms with Crippen LogP contribution in [0.1, 0.15) is 37.2 Å². The molecule has 0 aliphatic rings. The quantitative estimate of drug-likeness (QED) is 0.816. The number of aromatic nitrogens is 4. The minimum atomic E-state index is -0.639. The second-order valence-electron chi connectivity index (χ2n) is 4.48. The van der Waals surface area contributed by atoms with Crippen molar-refractivity contribution in [3.63, 3.8) is 0 Å². The first-order valence-corrected chi connectivity index (χ1v) is 5.82. The third kappa shape index (κ3) is 2.26. The molecule has 0 saturated carbocycles. The first kappa shape index (κ1) is 13.0. The van der Waals surface area contributed by atoms with Crippen LogP contribution < -0.4 is 11.2 Å². The Balaban J connectivity index is 2.67. The second-order valence-corrected chi connectivity index (χ2v) is 4.48. The van der Waals surface area contributed by atoms with E-state index >= 15 is 0 Å². The maximum atomic E-state index is 12.1. The van der Waals surface area contributed by atoms with Crippen LogP contribution >= 0.6 is 0 Å². The van der Waals surface area contributed by atoms with Gasteiger partial charge in [0.25, 0.3) is 5.56 Å². The minimum absolute atomic E-state index is 0.0584. The van der Waals surface area contributed by atoms with Crippen LogP contribution in [-0.2, 0) is 0 Å². The highest BCUT2D eigenvalue weighted by Crippen LogP contribution is 2.06. The van der Waals surface area contributed by atoms with E-state index in [1.54, 1.807) is 10.9 Å². The number of nitrogens with one attached hydrogen (secondary N) is 1. The van der Waals surface area contributed by atoms with Crippen molar-refractivity contribution in [3.05, 3.63) is 45.0 Å². The van der Waals surface area contributed by atoms with Gasteiger partial charge in [0, 0.05) is 18.4 Å². The standard InChI is InChI=1S/C12H14N4O3/c1-7(2)15-6-9(4-14-15)16-11(18)10(8(3)17)5-13-12(16)19/h4-7H,1-3H3,(H,13,19). The topological polar surface area (TPSA) is 89.8 Å². The summed E-state index contributed by atoms with van der Waals surface area (Å²) in [5.41, 5.74) is -0.960. The van der Waals surface area contributed by atoms with Crippen LogP contribution in [0.2, 0.25) is 0 Å². The van der Waals surface area contributed by atoms with Gasteiger partial charge in [-0.15, -0.1) is 0 Å². The molecule has 7 nitrogen and oxygen atoms in total. The van der Waals surface area contributed by atoms with Gasteiger partial charge in [-0.25, -0.2) is 9.36 Å². The van der Waals surface area contributed by atoms with Crippen molar-refractivity contribution in [2.75, 3.05) is 0 Å². The number of H-pyrrole nitrogens is 1. The number of carbonyl (C=O) groups is 1. The summed E-state index contributed by atoms with van der Waals surface area (Å²) in [6.45, 7) is 5.13. The summed E-state index contributed by atoms with van der Waals surface area (Å²) in [6, 6.07) is 0.111. The molecule has 0 unspecified atom stereocenters. The highest BCUT2D eigenvalue weighted by atomic mass is 16.2. The van der Waals surface area contributed by atoms with Crippen LogP contribution in [-0.4, -0.2) is 25.1 Å². The molecular weight excluding hydrogens is 248 g/mol. The minimum Gasteiger partial charge on any atom is -0.313 e. The maximum Gasteiger partial charge on any atom is 0.333 e. The number of Topliss-reactive ketones (excluding diaryl/α,β-unsaturated/α-hetero) is 1. The lowest BCUT2D eigenvalue weighted by molar-refractivity contribution is 0.101. The normalized spacial score (nSPS) is 10.9. The van der Waals surface area contributed by atoms with E-state index in [0.717, 1.165) is 10.8 Å². The molecule has 2 aromatic rings. The molecule has 1 N–H and O–H groups in total. The Labute approximate surface area is 108 Å². The first-order chi connectivity index (χ1) is 8.91. The van der Waals surface area contributed by atoms with Crippen LogP contribution in [0.15, 0.2) is 28.2 Å². The number of hydrogen-bond donors (Lipinski definition) is 1. The maximum absolute atomic E-state index is 12.1. The summed E-state index contributed by atoms with van der Waals surface area (Å²) >= 11 is 0. The summed E-state index contributed by atoms with van der Waals surface area (Å²) in [5, 5.41) is 4.07. The molecule has 0 atom stereocenters.